The van der Waals surface area contributed by atoms with Crippen LogP contribution < -0.4 is 26.4 Å². The van der Waals surface area contributed by atoms with Crippen LogP contribution in [0.5, 0.6) is 0 Å². The lowest BCUT2D eigenvalue weighted by molar-refractivity contribution is -0.142. The second-order valence-corrected chi connectivity index (χ2v) is 18.1. The number of nitrogens with zero attached hydrogens (tertiary/aromatic N) is 2. The highest BCUT2D eigenvalue weighted by Gasteiger charge is 2.35. The third kappa shape index (κ3) is 17.0. The molecule has 5 atom stereocenters. The summed E-state index contributed by atoms with van der Waals surface area (Å²) in [6, 6.07) is 5.43. The molecule has 7 N–H and O–H groups in total. The summed E-state index contributed by atoms with van der Waals surface area (Å²) in [6.07, 6.45) is 3.41. The first-order valence-corrected chi connectivity index (χ1v) is 22.3. The quantitative estimate of drug-likeness (QED) is 0.114. The third-order valence-corrected chi connectivity index (χ3v) is 12.1. The van der Waals surface area contributed by atoms with Crippen LogP contribution in [0.2, 0.25) is 0 Å². The number of aliphatic hydroxyl groups excluding tert-OH is 1. The molecular formula is C41H65N7O10S. The number of nitrogens with two attached hydrogens (primary N) is 1. The molecule has 0 aromatic heterocycles. The molecule has 1 saturated carbocycles. The van der Waals surface area contributed by atoms with Crippen molar-refractivity contribution in [3.63, 3.8) is 0 Å². The Morgan fingerprint density at radius 1 is 0.966 bits per heavy atom. The molecule has 0 spiro atoms. The van der Waals surface area contributed by atoms with Crippen molar-refractivity contribution in [1.82, 2.24) is 29.9 Å². The number of rotatable bonds is 18. The minimum Gasteiger partial charge on any atom is -0.444 e. The summed E-state index contributed by atoms with van der Waals surface area (Å²) in [5.41, 5.74) is 5.68. The maximum Gasteiger partial charge on any atom is 0.408 e. The van der Waals surface area contributed by atoms with Gasteiger partial charge < -0.3 is 45.9 Å². The normalized spacial score (nSPS) is 20.2. The Labute approximate surface area is 349 Å². The second kappa shape index (κ2) is 23.8. The van der Waals surface area contributed by atoms with Gasteiger partial charge in [0, 0.05) is 32.6 Å². The SMILES string of the molecule is CC(C)(C)OC(=O)NCC#CCC(NC(=O)C(Cc1ccccc1)NS(=O)(=O)N1CCOCC1)C(=O)NC(CC1CCCCC1)[C@@H](O)CC(=O)N1CCOC(CCN)C1. The monoisotopic (exact) mass is 847 g/mol. The van der Waals surface area contributed by atoms with E-state index in [1.165, 1.54) is 4.31 Å². The summed E-state index contributed by atoms with van der Waals surface area (Å²) in [4.78, 5) is 55.8. The van der Waals surface area contributed by atoms with Crippen LogP contribution in [0.1, 0.15) is 84.1 Å². The molecule has 330 valence electrons. The van der Waals surface area contributed by atoms with Crippen LogP contribution in [0.25, 0.3) is 0 Å². The van der Waals surface area contributed by atoms with Crippen molar-refractivity contribution in [3.05, 3.63) is 35.9 Å². The van der Waals surface area contributed by atoms with Crippen LogP contribution in [-0.2, 0) is 45.2 Å². The van der Waals surface area contributed by atoms with Crippen molar-refractivity contribution in [2.45, 2.75) is 121 Å². The van der Waals surface area contributed by atoms with Crippen LogP contribution in [0.4, 0.5) is 4.79 Å². The number of hydrogen-bond donors (Lipinski definition) is 6. The van der Waals surface area contributed by atoms with Gasteiger partial charge in [0.1, 0.15) is 17.7 Å². The van der Waals surface area contributed by atoms with Crippen LogP contribution >= 0.6 is 0 Å². The molecule has 1 aromatic rings. The number of aliphatic hydroxyl groups is 1. The first-order chi connectivity index (χ1) is 28.1. The average Bonchev–Trinajstić information content (AvgIpc) is 3.20. The van der Waals surface area contributed by atoms with Gasteiger partial charge in [0.15, 0.2) is 0 Å². The molecule has 0 bridgehead atoms. The largest absolute Gasteiger partial charge is 0.444 e. The van der Waals surface area contributed by atoms with Crippen molar-refractivity contribution < 1.29 is 46.9 Å². The molecule has 17 nitrogen and oxygen atoms in total. The number of benzene rings is 1. The van der Waals surface area contributed by atoms with E-state index in [0.29, 0.717) is 44.6 Å². The van der Waals surface area contributed by atoms with E-state index in [1.54, 1.807) is 56.0 Å². The number of amides is 4. The Bertz CT molecular complexity index is 1670. The number of carbonyl (C=O) groups is 4. The number of alkyl carbamates (subject to hydrolysis) is 1. The van der Waals surface area contributed by atoms with Gasteiger partial charge in [-0.2, -0.15) is 17.4 Å². The van der Waals surface area contributed by atoms with Gasteiger partial charge in [-0.15, -0.1) is 0 Å². The standard InChI is InChI=1S/C41H65N7O10S/c1-41(2,3)58-40(53)43-19-11-10-16-33(44-39(52)35(27-31-14-8-5-9-15-31)46-59(54,55)48-21-23-56-24-22-48)38(51)45-34(26-30-12-6-4-7-13-30)36(49)28-37(50)47-20-25-57-32(29-47)17-18-42/h5,8-9,14-15,30,32-36,46,49H,4,6-7,12-13,16-29,42H2,1-3H3,(H,43,53)(H,44,52)(H,45,51)/t32?,33?,34?,35?,36-/m0/s1. The highest BCUT2D eigenvalue weighted by Crippen LogP contribution is 2.29. The minimum absolute atomic E-state index is 0.0190. The van der Waals surface area contributed by atoms with Crippen molar-refractivity contribution >= 4 is 34.0 Å². The number of ether oxygens (including phenoxy) is 3. The molecule has 3 aliphatic rings. The predicted octanol–water partition coefficient (Wildman–Crippen LogP) is 0.950. The van der Waals surface area contributed by atoms with Gasteiger partial charge in [-0.25, -0.2) is 4.79 Å². The Morgan fingerprint density at radius 3 is 2.34 bits per heavy atom. The second-order valence-electron chi connectivity index (χ2n) is 16.4. The fraction of sp³-hybridized carbons (Fsp3) is 0.707. The van der Waals surface area contributed by atoms with Gasteiger partial charge in [0.25, 0.3) is 10.2 Å². The molecule has 1 aliphatic carbocycles. The summed E-state index contributed by atoms with van der Waals surface area (Å²) in [6.45, 7) is 7.23. The van der Waals surface area contributed by atoms with Gasteiger partial charge in [-0.3, -0.25) is 14.4 Å². The van der Waals surface area contributed by atoms with Gasteiger partial charge in [0.2, 0.25) is 17.7 Å². The zero-order chi connectivity index (χ0) is 42.8. The van der Waals surface area contributed by atoms with Gasteiger partial charge in [0.05, 0.1) is 51.0 Å². The zero-order valence-electron chi connectivity index (χ0n) is 34.8. The van der Waals surface area contributed by atoms with Crippen LogP contribution in [0, 0.1) is 17.8 Å². The average molecular weight is 848 g/mol. The molecule has 2 saturated heterocycles. The van der Waals surface area contributed by atoms with Gasteiger partial charge in [-0.1, -0.05) is 74.3 Å². The number of morpholine rings is 2. The molecule has 4 unspecified atom stereocenters. The molecule has 3 fully saturated rings. The van der Waals surface area contributed by atoms with E-state index in [-0.39, 0.29) is 70.0 Å². The molecule has 2 heterocycles. The fourth-order valence-corrected chi connectivity index (χ4v) is 8.69. The van der Waals surface area contributed by atoms with Crippen molar-refractivity contribution in [2.75, 3.05) is 59.1 Å². The van der Waals surface area contributed by atoms with E-state index in [1.807, 2.05) is 0 Å². The van der Waals surface area contributed by atoms with E-state index in [2.05, 4.69) is 32.5 Å². The first kappa shape index (κ1) is 47.8. The van der Waals surface area contributed by atoms with Crippen LogP contribution in [0.15, 0.2) is 30.3 Å². The topological polar surface area (TPSA) is 231 Å². The summed E-state index contributed by atoms with van der Waals surface area (Å²) in [5.74, 6) is 4.14. The lowest BCUT2D eigenvalue weighted by Gasteiger charge is -2.35. The van der Waals surface area contributed by atoms with E-state index < -0.39 is 57.9 Å². The molecule has 1 aromatic carbocycles. The van der Waals surface area contributed by atoms with E-state index >= 15 is 0 Å². The highest BCUT2D eigenvalue weighted by atomic mass is 32.2. The summed E-state index contributed by atoms with van der Waals surface area (Å²) < 4.78 is 47.1. The summed E-state index contributed by atoms with van der Waals surface area (Å²) in [7, 11) is -4.14. The highest BCUT2D eigenvalue weighted by molar-refractivity contribution is 7.87. The Kier molecular flexibility index (Phi) is 19.3. The Balaban J connectivity index is 1.56. The van der Waals surface area contributed by atoms with Crippen molar-refractivity contribution in [2.24, 2.45) is 11.7 Å². The molecule has 18 heteroatoms. The van der Waals surface area contributed by atoms with E-state index in [9.17, 15) is 32.7 Å². The molecular weight excluding hydrogens is 783 g/mol. The first-order valence-electron chi connectivity index (χ1n) is 20.8. The number of carbonyl (C=O) groups excluding carboxylic acids is 4. The maximum atomic E-state index is 14.3. The van der Waals surface area contributed by atoms with Crippen molar-refractivity contribution in [3.8, 4) is 11.8 Å². The Morgan fingerprint density at radius 2 is 1.66 bits per heavy atom. The Hall–Kier alpha value is -3.83. The molecule has 0 radical (unpaired) electrons. The lowest BCUT2D eigenvalue weighted by atomic mass is 9.83. The number of hydrogen-bond acceptors (Lipinski definition) is 11. The van der Waals surface area contributed by atoms with Crippen molar-refractivity contribution in [1.29, 1.82) is 0 Å². The smallest absolute Gasteiger partial charge is 0.408 e. The van der Waals surface area contributed by atoms with Crippen LogP contribution in [0.3, 0.4) is 0 Å². The van der Waals surface area contributed by atoms with E-state index in [4.69, 9.17) is 19.9 Å². The number of nitrogens with one attached hydrogen (secondary N) is 4. The van der Waals surface area contributed by atoms with Gasteiger partial charge in [-0.05, 0) is 58.1 Å². The molecule has 4 amide bonds. The van der Waals surface area contributed by atoms with E-state index in [0.717, 1.165) is 32.1 Å². The maximum absolute atomic E-state index is 14.3. The zero-order valence-corrected chi connectivity index (χ0v) is 35.6. The fourth-order valence-electron chi connectivity index (χ4n) is 7.36. The minimum atomic E-state index is -4.14. The molecule has 4 rings (SSSR count). The van der Waals surface area contributed by atoms with Crippen LogP contribution in [-0.4, -0.2) is 142 Å². The summed E-state index contributed by atoms with van der Waals surface area (Å²) >= 11 is 0. The summed E-state index contributed by atoms with van der Waals surface area (Å²) in [5, 5.41) is 19.9. The third-order valence-electron chi connectivity index (χ3n) is 10.5. The molecule has 59 heavy (non-hydrogen) atoms. The predicted molar refractivity (Wildman–Crippen MR) is 221 cm³/mol. The van der Waals surface area contributed by atoms with Gasteiger partial charge >= 0.3 is 6.09 Å². The molecule has 2 aliphatic heterocycles. The lowest BCUT2D eigenvalue weighted by Crippen LogP contribution is -2.58.